The monoisotopic (exact) mass is 2110 g/mol. The van der Waals surface area contributed by atoms with Crippen molar-refractivity contribution in [2.45, 2.75) is 387 Å². The number of aromatic hydroxyl groups is 1. The molecular weight excluding hydrogens is 1940 g/mol. The minimum atomic E-state index is -2.18. The molecule has 3 aromatic rings. The number of rotatable bonds is 83. The highest BCUT2D eigenvalue weighted by Gasteiger charge is 2.45. The summed E-state index contributed by atoms with van der Waals surface area (Å²) >= 11 is 0. The number of fused-ring (bicyclic) bond motifs is 1. The molecule has 3 rings (SSSR count). The van der Waals surface area contributed by atoms with Gasteiger partial charge in [-0.2, -0.15) is 0 Å². The lowest BCUT2D eigenvalue weighted by atomic mass is 9.84. The van der Waals surface area contributed by atoms with Gasteiger partial charge in [0, 0.05) is 108 Å². The van der Waals surface area contributed by atoms with Crippen LogP contribution in [-0.4, -0.2) is 284 Å². The molecule has 1 heterocycles. The molecule has 2 aromatic carbocycles. The van der Waals surface area contributed by atoms with E-state index in [9.17, 15) is 101 Å². The van der Waals surface area contributed by atoms with Crippen molar-refractivity contribution in [3.63, 3.8) is 0 Å². The number of hydrogen-bond donors (Lipinski definition) is 23. The van der Waals surface area contributed by atoms with E-state index < -0.39 is 234 Å². The Kier molecular flexibility index (Phi) is 60.3. The molecule has 0 unspecified atom stereocenters. The number of carboxylic acids is 1. The molecule has 8 amide bonds. The highest BCUT2D eigenvalue weighted by atomic mass is 19.1. The van der Waals surface area contributed by atoms with E-state index in [4.69, 9.17) is 11.5 Å². The van der Waals surface area contributed by atoms with E-state index in [0.717, 1.165) is 19.4 Å². The number of allylic oxidation sites excluding steroid dienone is 3. The Morgan fingerprint density at radius 3 is 1.45 bits per heavy atom. The zero-order chi connectivity index (χ0) is 113. The van der Waals surface area contributed by atoms with Gasteiger partial charge in [-0.25, -0.2) is 26.1 Å². The number of halogens is 1. The lowest BCUT2D eigenvalue weighted by molar-refractivity contribution is -0.144. The number of benzene rings is 2. The smallest absolute Gasteiger partial charge is 0.303 e. The van der Waals surface area contributed by atoms with Gasteiger partial charge in [-0.3, -0.25) is 107 Å². The average molecular weight is 2110 g/mol. The van der Waals surface area contributed by atoms with E-state index in [-0.39, 0.29) is 175 Å². The fourth-order valence-electron chi connectivity index (χ4n) is 16.3. The maximum atomic E-state index is 15.3. The van der Waals surface area contributed by atoms with Crippen LogP contribution in [-0.2, 0) is 109 Å². The van der Waals surface area contributed by atoms with E-state index in [0.29, 0.717) is 47.7 Å². The van der Waals surface area contributed by atoms with E-state index in [1.54, 1.807) is 92.8 Å². The molecule has 0 saturated carbocycles. The Morgan fingerprint density at radius 1 is 0.460 bits per heavy atom. The molecule has 0 fully saturated rings. The van der Waals surface area contributed by atoms with Gasteiger partial charge < -0.3 is 90.3 Å². The number of aliphatic hydroxyl groups excluding tert-OH is 1. The lowest BCUT2D eigenvalue weighted by Gasteiger charge is -2.33. The number of Topliss-reactive ketones (excluding diaryl/α,β-unsaturated/α-hetero) is 11. The number of para-hydroxylation sites is 1. The molecule has 838 valence electrons. The third-order valence-corrected chi connectivity index (χ3v) is 26.1. The zero-order valence-corrected chi connectivity index (χ0v) is 90.8. The van der Waals surface area contributed by atoms with Crippen LogP contribution in [0.1, 0.15) is 278 Å². The number of carboxylic acid groups (broad SMARTS) is 1. The van der Waals surface area contributed by atoms with Crippen molar-refractivity contribution in [1.82, 2.24) is 95.8 Å². The summed E-state index contributed by atoms with van der Waals surface area (Å²) in [4.78, 5) is 278. The number of hydrogen-bond acceptors (Lipinski definition) is 33. The predicted octanol–water partition coefficient (Wildman–Crippen LogP) is 2.89. The van der Waals surface area contributed by atoms with E-state index >= 15 is 14.4 Å². The molecule has 25 N–H and O–H groups in total. The first kappa shape index (κ1) is 132. The van der Waals surface area contributed by atoms with Crippen molar-refractivity contribution in [3.8, 4) is 5.75 Å². The number of carbonyl (C=O) groups excluding carboxylic acids is 19. The van der Waals surface area contributed by atoms with Gasteiger partial charge in [-0.15, -0.1) is 0 Å². The maximum absolute atomic E-state index is 15.3. The SMILES string of the molecule is C/C=C(\C=C(/C)F)C[C@H](NC(=O)[C@@H](NC(=O)[C@H](CC(C)C)NC(C)=O)[C@@H](C)O)C(=O)N[C@](C)(CCCCC)C(=O)C(=O)[C@H](CCC(=O)O)NN[C@@H](Cc1ccc(O)cc1)C(=O)N[C@@H](Cc1c[nH]c2ccccc12)C(=O)CN[C@@H](C)C(=O)CC(=O)[C@H](CCC(N)=O)NN[C@@H](CC(C)C)C(=O)N[C@@](C)(CCCCC)C(=O)CN[C@@H](C)C(=O)CCN[C@@H](C)C(=O)CCC(=O)[C@H](C)NCCC(=O)[C@H](C)NCCC(=O)[C@H](C)NCN[C@H](C)C(N)=O. The number of H-pyrrole nitrogens is 1. The number of aromatic amines is 1. The molecule has 0 aliphatic carbocycles. The van der Waals surface area contributed by atoms with Crippen LogP contribution in [0.4, 0.5) is 4.39 Å². The van der Waals surface area contributed by atoms with Gasteiger partial charge in [0.25, 0.3) is 0 Å². The molecule has 1 aromatic heterocycles. The van der Waals surface area contributed by atoms with Crippen LogP contribution in [0.15, 0.2) is 78.3 Å². The Hall–Kier alpha value is -11.7. The van der Waals surface area contributed by atoms with Gasteiger partial charge in [0.1, 0.15) is 53.1 Å². The fraction of sp³-hybridized carbons (Fsp3) is 0.642. The van der Waals surface area contributed by atoms with Crippen molar-refractivity contribution in [1.29, 1.82) is 0 Å². The van der Waals surface area contributed by atoms with Crippen LogP contribution in [0, 0.1) is 11.8 Å². The summed E-state index contributed by atoms with van der Waals surface area (Å²) in [6.45, 7) is 29.8. The molecule has 18 atom stereocenters. The molecule has 0 saturated heterocycles. The second-order valence-electron chi connectivity index (χ2n) is 40.3. The minimum Gasteiger partial charge on any atom is -0.508 e. The summed E-state index contributed by atoms with van der Waals surface area (Å²) in [5.41, 5.74) is 20.2. The van der Waals surface area contributed by atoms with Crippen molar-refractivity contribution in [2.75, 3.05) is 39.4 Å². The highest BCUT2D eigenvalue weighted by Crippen LogP contribution is 2.26. The number of hydrazine groups is 2. The van der Waals surface area contributed by atoms with Crippen molar-refractivity contribution < 1.29 is 116 Å². The molecule has 0 bridgehead atoms. The first-order chi connectivity index (χ1) is 70.5. The van der Waals surface area contributed by atoms with E-state index in [2.05, 4.69) is 95.8 Å². The summed E-state index contributed by atoms with van der Waals surface area (Å²) in [6, 6.07) is -4.50. The van der Waals surface area contributed by atoms with Crippen LogP contribution >= 0.6 is 0 Å². The summed E-state index contributed by atoms with van der Waals surface area (Å²) in [6.07, 6.45) is 2.16. The zero-order valence-electron chi connectivity index (χ0n) is 90.8. The van der Waals surface area contributed by atoms with Crippen LogP contribution < -0.4 is 102 Å². The van der Waals surface area contributed by atoms with E-state index in [1.807, 2.05) is 27.7 Å². The quantitative estimate of drug-likeness (QED) is 0.00964. The summed E-state index contributed by atoms with van der Waals surface area (Å²) in [7, 11) is 0. The largest absolute Gasteiger partial charge is 0.508 e. The first-order valence-corrected chi connectivity index (χ1v) is 52.1. The van der Waals surface area contributed by atoms with Gasteiger partial charge >= 0.3 is 5.97 Å². The molecule has 0 aliphatic heterocycles. The van der Waals surface area contributed by atoms with Gasteiger partial charge in [0.15, 0.2) is 40.5 Å². The Morgan fingerprint density at radius 2 is 0.927 bits per heavy atom. The third kappa shape index (κ3) is 49.2. The van der Waals surface area contributed by atoms with Gasteiger partial charge in [0.2, 0.25) is 58.8 Å². The number of ketones is 11. The summed E-state index contributed by atoms with van der Waals surface area (Å²) < 4.78 is 14.7. The standard InChI is InChI=1S/C106H169FN20O23/c1-20-23-27-44-105(18,93(139)58-114-66(12)88(134)42-47-111-64(10)86(132)38-37-85(131)63(9)110-46-41-87(133)65(11)112-48-43-89(135)67(13)116-59-117-69(15)99(109)145)122-103(149)83(50-61(6)7)126-124-78(35-39-94(108)140)91(137)55-90(136)68(14)113-57-92(138)80(54-74-56-115-77-30-26-25-29-76(74)77)119-101(147)84(53-73-31-33-75(130)34-32-73)127-125-79(36-40-95(141)142)97(143)98(144)106(19,45-28-24-21-2)123-102(148)82(52-72(22-3)51-62(8)107)120-104(150)96(70(16)128)121-100(146)81(49-60(4)5)118-71(17)129/h22,25-26,29-34,51,56,60-61,63-70,78-84,96,110-117,124-128,130H,20-21,23-24,27-28,35-50,52-55,57-59H2,1-19H3,(H2,108,140)(H2,109,145)(H,118,129)(H,119,147)(H,120,150)(H,121,146)(H,122,149)(H,123,148)(H,141,142)/b62-51+,72-22+/t63-,64-,65-,66-,67-,68-,69+,70+,78-,79-,80-,81-,82-,83-,84-,96-,105-,106+/m0/s1. The third-order valence-electron chi connectivity index (χ3n) is 26.1. The number of amides is 8. The number of unbranched alkanes of at least 4 members (excludes halogenated alkanes) is 4. The van der Waals surface area contributed by atoms with Crippen LogP contribution in [0.25, 0.3) is 10.9 Å². The van der Waals surface area contributed by atoms with Crippen molar-refractivity contribution in [3.05, 3.63) is 89.4 Å². The van der Waals surface area contributed by atoms with E-state index in [1.165, 1.54) is 65.0 Å². The second-order valence-corrected chi connectivity index (χ2v) is 40.3. The Bertz CT molecular complexity index is 5060. The van der Waals surface area contributed by atoms with Crippen molar-refractivity contribution in [2.24, 2.45) is 23.3 Å². The topological polar surface area (TPSA) is 674 Å². The number of aromatic nitrogens is 1. The van der Waals surface area contributed by atoms with Gasteiger partial charge in [0.05, 0.1) is 97.4 Å². The molecule has 44 heteroatoms. The van der Waals surface area contributed by atoms with Gasteiger partial charge in [-0.05, 0) is 181 Å². The number of carbonyl (C=O) groups is 20. The highest BCUT2D eigenvalue weighted by molar-refractivity contribution is 6.42. The van der Waals surface area contributed by atoms with Crippen LogP contribution in [0.3, 0.4) is 0 Å². The average Bonchev–Trinajstić information content (AvgIpc) is 1.27. The minimum absolute atomic E-state index is 0.0471. The fourth-order valence-corrected chi connectivity index (χ4v) is 16.3. The Labute approximate surface area is 879 Å². The predicted molar refractivity (Wildman–Crippen MR) is 565 cm³/mol. The summed E-state index contributed by atoms with van der Waals surface area (Å²) in [5.74, 6) is -15.4. The number of nitrogens with two attached hydrogens (primary N) is 2. The number of aliphatic carboxylic acids is 1. The summed E-state index contributed by atoms with van der Waals surface area (Å²) in [5, 5.41) is 68.8. The Balaban J connectivity index is 1.85. The molecule has 0 aliphatic rings. The molecule has 150 heavy (non-hydrogen) atoms. The number of aliphatic hydroxyl groups is 1. The lowest BCUT2D eigenvalue weighted by Crippen LogP contribution is -2.64. The number of phenolic OH excluding ortho intramolecular Hbond substituents is 1. The number of phenols is 1. The molecule has 43 nitrogen and oxygen atoms in total. The molecule has 0 spiro atoms. The molecular formula is C106H169FN20O23. The molecule has 0 radical (unpaired) electrons. The number of nitrogens with one attached hydrogen (secondary N) is 18. The van der Waals surface area contributed by atoms with Crippen molar-refractivity contribution >= 4 is 128 Å². The first-order valence-electron chi connectivity index (χ1n) is 52.1. The number of primary amides is 2. The second kappa shape index (κ2) is 68.3. The normalized spacial score (nSPS) is 15.9. The maximum Gasteiger partial charge on any atom is 0.303 e. The van der Waals surface area contributed by atoms with Crippen LogP contribution in [0.5, 0.6) is 5.75 Å². The van der Waals surface area contributed by atoms with Crippen LogP contribution in [0.2, 0.25) is 0 Å². The van der Waals surface area contributed by atoms with Gasteiger partial charge in [-0.1, -0.05) is 116 Å².